The van der Waals surface area contributed by atoms with Crippen LogP contribution in [0.4, 0.5) is 5.69 Å². The van der Waals surface area contributed by atoms with Gasteiger partial charge in [0.1, 0.15) is 0 Å². The first kappa shape index (κ1) is 16.4. The molecule has 4 rings (SSSR count). The first-order chi connectivity index (χ1) is 12.3. The van der Waals surface area contributed by atoms with E-state index in [1.807, 2.05) is 12.3 Å². The molecule has 4 heteroatoms. The average Bonchev–Trinajstić information content (AvgIpc) is 3.07. The normalized spacial score (nSPS) is 18.8. The molecule has 1 N–H and O–H groups in total. The second-order valence-electron chi connectivity index (χ2n) is 6.99. The molecule has 2 aromatic rings. The summed E-state index contributed by atoms with van der Waals surface area (Å²) in [6.45, 7) is 1.97. The second kappa shape index (κ2) is 7.46. The second-order valence-corrected chi connectivity index (χ2v) is 6.99. The van der Waals surface area contributed by atoms with Gasteiger partial charge in [-0.3, -0.25) is 14.9 Å². The van der Waals surface area contributed by atoms with Gasteiger partial charge in [0.2, 0.25) is 0 Å². The molecule has 0 radical (unpaired) electrons. The number of benzene rings is 1. The first-order valence-electron chi connectivity index (χ1n) is 9.28. The van der Waals surface area contributed by atoms with Crippen molar-refractivity contribution in [2.75, 3.05) is 19.7 Å². The lowest BCUT2D eigenvalue weighted by Crippen LogP contribution is -2.37. The third-order valence-electron chi connectivity index (χ3n) is 5.26. The highest BCUT2D eigenvalue weighted by Gasteiger charge is 2.28. The van der Waals surface area contributed by atoms with E-state index in [0.717, 1.165) is 44.5 Å². The molecule has 0 bridgehead atoms. The molecule has 1 aliphatic heterocycles. The molecule has 0 fully saturated rings. The highest BCUT2D eigenvalue weighted by molar-refractivity contribution is 5.95. The van der Waals surface area contributed by atoms with E-state index in [-0.39, 0.29) is 6.61 Å². The Morgan fingerprint density at radius 3 is 2.88 bits per heavy atom. The number of aliphatic imine (C=N–C) groups is 1. The number of aliphatic hydroxyl groups excluding tert-OH is 1. The standard InChI is InChI=1S/C21H25N3O/c25-13-5-12-24(15-18-14-17-6-1-2-9-19(17)23-18)20-10-3-7-16-8-4-11-22-21(16)20/h1-2,4,6,8-9,11,20,25H,3,5,7,10,12-15H2/t20-/m0/s1. The van der Waals surface area contributed by atoms with Crippen LogP contribution in [0.25, 0.3) is 0 Å². The molecule has 2 heterocycles. The first-order valence-corrected chi connectivity index (χ1v) is 9.28. The fourth-order valence-corrected chi connectivity index (χ4v) is 4.08. The van der Waals surface area contributed by atoms with Gasteiger partial charge in [-0.2, -0.15) is 0 Å². The van der Waals surface area contributed by atoms with E-state index in [1.54, 1.807) is 0 Å². The zero-order valence-corrected chi connectivity index (χ0v) is 14.6. The summed E-state index contributed by atoms with van der Waals surface area (Å²) in [6.07, 6.45) is 7.10. The number of rotatable bonds is 6. The van der Waals surface area contributed by atoms with E-state index < -0.39 is 0 Å². The number of aromatic nitrogens is 1. The van der Waals surface area contributed by atoms with Gasteiger partial charge in [-0.15, -0.1) is 0 Å². The SMILES string of the molecule is OCCCN(CC1=Nc2ccccc2C1)[C@H]1CCCc2cccnc21. The van der Waals surface area contributed by atoms with E-state index in [4.69, 9.17) is 9.98 Å². The van der Waals surface area contributed by atoms with Crippen molar-refractivity contribution < 1.29 is 5.11 Å². The molecule has 1 aromatic carbocycles. The number of hydrogen-bond donors (Lipinski definition) is 1. The Kier molecular flexibility index (Phi) is 4.90. The van der Waals surface area contributed by atoms with Gasteiger partial charge in [0, 0.05) is 38.0 Å². The van der Waals surface area contributed by atoms with E-state index in [1.165, 1.54) is 29.0 Å². The monoisotopic (exact) mass is 335 g/mol. The van der Waals surface area contributed by atoms with Crippen LogP contribution in [-0.4, -0.2) is 40.4 Å². The van der Waals surface area contributed by atoms with Gasteiger partial charge >= 0.3 is 0 Å². The van der Waals surface area contributed by atoms with E-state index in [0.29, 0.717) is 6.04 Å². The molecule has 4 nitrogen and oxygen atoms in total. The van der Waals surface area contributed by atoms with Crippen molar-refractivity contribution in [3.63, 3.8) is 0 Å². The lowest BCUT2D eigenvalue weighted by atomic mass is 9.90. The number of pyridine rings is 1. The minimum absolute atomic E-state index is 0.227. The molecular formula is C21H25N3O. The van der Waals surface area contributed by atoms with E-state index >= 15 is 0 Å². The predicted molar refractivity (Wildman–Crippen MR) is 100 cm³/mol. The largest absolute Gasteiger partial charge is 0.396 e. The summed E-state index contributed by atoms with van der Waals surface area (Å²) in [5.74, 6) is 0. The molecule has 130 valence electrons. The maximum atomic E-state index is 9.34. The Hall–Kier alpha value is -2.04. The fraction of sp³-hybridized carbons (Fsp3) is 0.429. The molecule has 25 heavy (non-hydrogen) atoms. The molecule has 0 unspecified atom stereocenters. The van der Waals surface area contributed by atoms with Gasteiger partial charge < -0.3 is 5.11 Å². The topological polar surface area (TPSA) is 48.7 Å². The van der Waals surface area contributed by atoms with Gasteiger partial charge in [-0.05, 0) is 48.9 Å². The van der Waals surface area contributed by atoms with Crippen LogP contribution in [0.1, 0.15) is 42.1 Å². The maximum absolute atomic E-state index is 9.34. The lowest BCUT2D eigenvalue weighted by molar-refractivity contribution is 0.176. The summed E-state index contributed by atoms with van der Waals surface area (Å²) >= 11 is 0. The Morgan fingerprint density at radius 2 is 2.00 bits per heavy atom. The van der Waals surface area contributed by atoms with Crippen molar-refractivity contribution in [2.24, 2.45) is 4.99 Å². The average molecular weight is 335 g/mol. The maximum Gasteiger partial charge on any atom is 0.0665 e. The summed E-state index contributed by atoms with van der Waals surface area (Å²) in [6, 6.07) is 13.0. The van der Waals surface area contributed by atoms with E-state index in [2.05, 4.69) is 35.2 Å². The molecular weight excluding hydrogens is 310 g/mol. The van der Waals surface area contributed by atoms with Gasteiger partial charge in [0.05, 0.1) is 17.4 Å². The molecule has 1 atom stereocenters. The van der Waals surface area contributed by atoms with Crippen molar-refractivity contribution >= 4 is 11.4 Å². The van der Waals surface area contributed by atoms with Crippen molar-refractivity contribution in [2.45, 2.75) is 38.1 Å². The van der Waals surface area contributed by atoms with Gasteiger partial charge in [0.15, 0.2) is 0 Å². The molecule has 0 spiro atoms. The molecule has 1 aromatic heterocycles. The fourth-order valence-electron chi connectivity index (χ4n) is 4.08. The van der Waals surface area contributed by atoms with Crippen molar-refractivity contribution in [3.05, 3.63) is 59.4 Å². The zero-order chi connectivity index (χ0) is 17.1. The number of nitrogens with zero attached hydrogens (tertiary/aromatic N) is 3. The van der Waals surface area contributed by atoms with Crippen LogP contribution in [-0.2, 0) is 12.8 Å². The summed E-state index contributed by atoms with van der Waals surface area (Å²) in [7, 11) is 0. The minimum atomic E-state index is 0.227. The van der Waals surface area contributed by atoms with Crippen molar-refractivity contribution in [3.8, 4) is 0 Å². The third-order valence-corrected chi connectivity index (χ3v) is 5.26. The van der Waals surface area contributed by atoms with Gasteiger partial charge in [-0.25, -0.2) is 0 Å². The highest BCUT2D eigenvalue weighted by atomic mass is 16.3. The zero-order valence-electron chi connectivity index (χ0n) is 14.6. The van der Waals surface area contributed by atoms with Crippen LogP contribution in [0.2, 0.25) is 0 Å². The molecule has 2 aliphatic rings. The number of aliphatic hydroxyl groups is 1. The van der Waals surface area contributed by atoms with Crippen LogP contribution in [0.3, 0.4) is 0 Å². The minimum Gasteiger partial charge on any atom is -0.396 e. The van der Waals surface area contributed by atoms with Crippen LogP contribution in [0, 0.1) is 0 Å². The number of aryl methyl sites for hydroxylation is 1. The summed E-state index contributed by atoms with van der Waals surface area (Å²) in [4.78, 5) is 12.0. The Morgan fingerprint density at radius 1 is 1.12 bits per heavy atom. The van der Waals surface area contributed by atoms with Crippen molar-refractivity contribution in [1.82, 2.24) is 9.88 Å². The van der Waals surface area contributed by atoms with Crippen LogP contribution >= 0.6 is 0 Å². The Balaban J connectivity index is 1.56. The van der Waals surface area contributed by atoms with Gasteiger partial charge in [0.25, 0.3) is 0 Å². The summed E-state index contributed by atoms with van der Waals surface area (Å²) in [5.41, 5.74) is 6.26. The molecule has 0 amide bonds. The third kappa shape index (κ3) is 3.51. The predicted octanol–water partition coefficient (Wildman–Crippen LogP) is 3.47. The van der Waals surface area contributed by atoms with Gasteiger partial charge in [-0.1, -0.05) is 24.3 Å². The Bertz CT molecular complexity index is 771. The molecule has 1 aliphatic carbocycles. The molecule has 0 saturated carbocycles. The number of para-hydroxylation sites is 1. The summed E-state index contributed by atoms with van der Waals surface area (Å²) < 4.78 is 0. The number of hydrogen-bond acceptors (Lipinski definition) is 4. The molecule has 0 saturated heterocycles. The van der Waals surface area contributed by atoms with Crippen LogP contribution in [0.5, 0.6) is 0 Å². The quantitative estimate of drug-likeness (QED) is 0.879. The lowest BCUT2D eigenvalue weighted by Gasteiger charge is -2.35. The van der Waals surface area contributed by atoms with Crippen LogP contribution in [0.15, 0.2) is 47.6 Å². The van der Waals surface area contributed by atoms with E-state index in [9.17, 15) is 5.11 Å². The highest BCUT2D eigenvalue weighted by Crippen LogP contribution is 2.34. The summed E-state index contributed by atoms with van der Waals surface area (Å²) in [5, 5.41) is 9.34. The Labute approximate surface area is 149 Å². The smallest absolute Gasteiger partial charge is 0.0665 e. The number of fused-ring (bicyclic) bond motifs is 2. The van der Waals surface area contributed by atoms with Crippen LogP contribution < -0.4 is 0 Å². The van der Waals surface area contributed by atoms with Crippen molar-refractivity contribution in [1.29, 1.82) is 0 Å².